The van der Waals surface area contributed by atoms with Crippen LogP contribution in [0.15, 0.2) is 96.4 Å². The first-order valence-electron chi connectivity index (χ1n) is 16.3. The lowest BCUT2D eigenvalue weighted by Crippen LogP contribution is -2.63. The summed E-state index contributed by atoms with van der Waals surface area (Å²) in [6.07, 6.45) is -3.39. The maximum Gasteiger partial charge on any atom is 0.434 e. The third kappa shape index (κ3) is 9.00. The number of alkyl halides is 3. The highest BCUT2D eigenvalue weighted by atomic mass is 32.1. The van der Waals surface area contributed by atoms with Crippen molar-refractivity contribution < 1.29 is 27.4 Å². The molecule has 1 unspecified atom stereocenters. The van der Waals surface area contributed by atoms with Crippen LogP contribution in [-0.4, -0.2) is 60.4 Å². The number of nitrogens with zero attached hydrogens (tertiary/aromatic N) is 3. The van der Waals surface area contributed by atoms with Crippen molar-refractivity contribution in [3.05, 3.63) is 119 Å². The Morgan fingerprint density at radius 2 is 1.32 bits per heavy atom. The van der Waals surface area contributed by atoms with E-state index in [1.165, 1.54) is 0 Å². The Hall–Kier alpha value is -3.28. The van der Waals surface area contributed by atoms with Gasteiger partial charge in [0.2, 0.25) is 0 Å². The molecule has 0 bridgehead atoms. The fourth-order valence-corrected chi connectivity index (χ4v) is 7.46. The van der Waals surface area contributed by atoms with E-state index in [2.05, 4.69) is 53.2 Å². The summed E-state index contributed by atoms with van der Waals surface area (Å²) in [4.78, 5) is 8.39. The van der Waals surface area contributed by atoms with Crippen LogP contribution in [0.2, 0.25) is 0 Å². The molecule has 4 aromatic rings. The number of aromatic nitrogens is 1. The summed E-state index contributed by atoms with van der Waals surface area (Å²) < 4.78 is 60.0. The van der Waals surface area contributed by atoms with Gasteiger partial charge in [-0.2, -0.15) is 13.2 Å². The Morgan fingerprint density at radius 1 is 0.766 bits per heavy atom. The second-order valence-electron chi connectivity index (χ2n) is 12.5. The van der Waals surface area contributed by atoms with Crippen molar-refractivity contribution in [3.8, 4) is 0 Å². The molecule has 6 nitrogen and oxygen atoms in total. The summed E-state index contributed by atoms with van der Waals surface area (Å²) in [5, 5.41) is 1.56. The van der Waals surface area contributed by atoms with Crippen molar-refractivity contribution in [2.45, 2.75) is 70.1 Å². The third-order valence-electron chi connectivity index (χ3n) is 9.10. The van der Waals surface area contributed by atoms with Gasteiger partial charge >= 0.3 is 6.18 Å². The highest BCUT2D eigenvalue weighted by Crippen LogP contribution is 2.35. The summed E-state index contributed by atoms with van der Waals surface area (Å²) in [7, 11) is 0. The molecule has 250 valence electrons. The van der Waals surface area contributed by atoms with E-state index in [4.69, 9.17) is 14.2 Å². The van der Waals surface area contributed by atoms with Gasteiger partial charge in [-0.15, -0.1) is 11.3 Å². The first-order valence-corrected chi connectivity index (χ1v) is 17.2. The Kier molecular flexibility index (Phi) is 11.3. The third-order valence-corrected chi connectivity index (χ3v) is 10.00. The number of hydrogen-bond donors (Lipinski definition) is 0. The van der Waals surface area contributed by atoms with E-state index in [0.29, 0.717) is 44.6 Å². The van der Waals surface area contributed by atoms with Crippen LogP contribution in [0.1, 0.15) is 42.1 Å². The number of rotatable bonds is 12. The first-order chi connectivity index (χ1) is 22.8. The molecule has 0 aliphatic carbocycles. The van der Waals surface area contributed by atoms with Crippen molar-refractivity contribution in [1.29, 1.82) is 0 Å². The van der Waals surface area contributed by atoms with E-state index in [1.807, 2.05) is 59.5 Å². The molecule has 2 fully saturated rings. The zero-order chi connectivity index (χ0) is 32.6. The van der Waals surface area contributed by atoms with E-state index in [0.717, 1.165) is 52.8 Å². The Morgan fingerprint density at radius 3 is 1.87 bits per heavy atom. The molecule has 2 aliphatic heterocycles. The molecule has 47 heavy (non-hydrogen) atoms. The average molecular weight is 666 g/mol. The zero-order valence-corrected chi connectivity index (χ0v) is 27.4. The quantitative estimate of drug-likeness (QED) is 0.154. The van der Waals surface area contributed by atoms with Gasteiger partial charge in [-0.05, 0) is 42.4 Å². The van der Waals surface area contributed by atoms with E-state index < -0.39 is 11.9 Å². The molecule has 2 aliphatic rings. The van der Waals surface area contributed by atoms with Gasteiger partial charge in [0.1, 0.15) is 12.2 Å². The number of piperidine rings is 2. The number of likely N-dealkylation sites (tertiary alicyclic amines) is 1. The Bertz CT molecular complexity index is 1510. The van der Waals surface area contributed by atoms with Crippen LogP contribution in [0.25, 0.3) is 0 Å². The maximum atomic E-state index is 13.3. The molecule has 0 radical (unpaired) electrons. The second kappa shape index (κ2) is 15.7. The Balaban J connectivity index is 1.21. The van der Waals surface area contributed by atoms with Crippen LogP contribution in [0.5, 0.6) is 0 Å². The molecule has 2 saturated heterocycles. The molecule has 3 aromatic carbocycles. The number of ether oxygens (including phenoxy) is 3. The summed E-state index contributed by atoms with van der Waals surface area (Å²) in [6, 6.07) is 30.5. The molecule has 0 saturated carbocycles. The number of anilines is 1. The first kappa shape index (κ1) is 33.6. The summed E-state index contributed by atoms with van der Waals surface area (Å²) in [5.41, 5.74) is 2.45. The monoisotopic (exact) mass is 665 g/mol. The number of benzene rings is 3. The molecule has 5 atom stereocenters. The van der Waals surface area contributed by atoms with E-state index >= 15 is 0 Å². The van der Waals surface area contributed by atoms with Crippen LogP contribution >= 0.6 is 11.3 Å². The Labute approximate surface area is 279 Å². The topological polar surface area (TPSA) is 47.1 Å². The largest absolute Gasteiger partial charge is 0.434 e. The standard InChI is InChI=1S/C37H42F3N3O3S/c1-27-34(45-24-29-14-7-3-8-15-29)35(46-25-30-16-9-4-10-17-30)32(44-23-28-12-5-2-6-13-28)22-43(27)21-31-18-11-19-42(20-31)36-41-33(26-47-36)37(38,39)40/h2-10,12-17,26-27,31-32,34-35H,11,18-25H2,1H3/t27-,31?,32+,34-,35-/m1/s1. The van der Waals surface area contributed by atoms with Gasteiger partial charge in [0.25, 0.3) is 0 Å². The molecule has 6 rings (SSSR count). The van der Waals surface area contributed by atoms with Crippen LogP contribution in [0.4, 0.5) is 18.3 Å². The summed E-state index contributed by atoms with van der Waals surface area (Å²) in [5.74, 6) is 0.260. The fourth-order valence-electron chi connectivity index (χ4n) is 6.59. The minimum absolute atomic E-state index is 0.0168. The summed E-state index contributed by atoms with van der Waals surface area (Å²) >= 11 is 1.07. The highest BCUT2D eigenvalue weighted by Gasteiger charge is 2.45. The lowest BCUT2D eigenvalue weighted by atomic mass is 9.90. The van der Waals surface area contributed by atoms with Gasteiger partial charge in [0, 0.05) is 37.6 Å². The van der Waals surface area contributed by atoms with E-state index in [1.54, 1.807) is 0 Å². The molecule has 0 N–H and O–H groups in total. The normalized spacial score (nSPS) is 24.0. The van der Waals surface area contributed by atoms with Gasteiger partial charge < -0.3 is 19.1 Å². The van der Waals surface area contributed by atoms with Crippen LogP contribution in [-0.2, 0) is 40.2 Å². The van der Waals surface area contributed by atoms with Crippen molar-refractivity contribution >= 4 is 16.5 Å². The minimum atomic E-state index is -4.43. The molecule has 0 amide bonds. The van der Waals surface area contributed by atoms with Crippen LogP contribution < -0.4 is 4.90 Å². The lowest BCUT2D eigenvalue weighted by molar-refractivity contribution is -0.202. The number of hydrogen-bond acceptors (Lipinski definition) is 7. The fraction of sp³-hybridized carbons (Fsp3) is 0.432. The van der Waals surface area contributed by atoms with Crippen LogP contribution in [0, 0.1) is 5.92 Å². The van der Waals surface area contributed by atoms with Gasteiger partial charge in [-0.3, -0.25) is 4.90 Å². The predicted molar refractivity (Wildman–Crippen MR) is 178 cm³/mol. The smallest absolute Gasteiger partial charge is 0.369 e. The van der Waals surface area contributed by atoms with E-state index in [-0.39, 0.29) is 30.3 Å². The second-order valence-corrected chi connectivity index (χ2v) is 13.4. The van der Waals surface area contributed by atoms with Crippen molar-refractivity contribution in [3.63, 3.8) is 0 Å². The molecular formula is C37H42F3N3O3S. The van der Waals surface area contributed by atoms with Gasteiger partial charge in [-0.1, -0.05) is 91.0 Å². The van der Waals surface area contributed by atoms with Crippen molar-refractivity contribution in [2.75, 3.05) is 31.1 Å². The molecular weight excluding hydrogens is 623 g/mol. The average Bonchev–Trinajstić information content (AvgIpc) is 3.61. The van der Waals surface area contributed by atoms with Gasteiger partial charge in [0.05, 0.1) is 25.9 Å². The predicted octanol–water partition coefficient (Wildman–Crippen LogP) is 7.84. The maximum absolute atomic E-state index is 13.3. The minimum Gasteiger partial charge on any atom is -0.369 e. The van der Waals surface area contributed by atoms with Crippen molar-refractivity contribution in [1.82, 2.24) is 9.88 Å². The van der Waals surface area contributed by atoms with Crippen LogP contribution in [0.3, 0.4) is 0 Å². The zero-order valence-electron chi connectivity index (χ0n) is 26.6. The lowest BCUT2D eigenvalue weighted by Gasteiger charge is -2.49. The summed E-state index contributed by atoms with van der Waals surface area (Å²) in [6.45, 7) is 6.33. The number of halogens is 3. The highest BCUT2D eigenvalue weighted by molar-refractivity contribution is 7.13. The SMILES string of the molecule is C[C@@H]1[C@@H](OCc2ccccc2)[C@H](OCc2ccccc2)[C@@H](OCc2ccccc2)CN1CC1CCCN(c2nc(C(F)(F)F)cs2)C1. The van der Waals surface area contributed by atoms with Gasteiger partial charge in [-0.25, -0.2) is 4.98 Å². The number of thiazole rings is 1. The van der Waals surface area contributed by atoms with E-state index in [9.17, 15) is 13.2 Å². The molecule has 10 heteroatoms. The molecule has 0 spiro atoms. The molecule has 3 heterocycles. The van der Waals surface area contributed by atoms with Crippen molar-refractivity contribution in [2.24, 2.45) is 5.92 Å². The molecule has 1 aromatic heterocycles. The van der Waals surface area contributed by atoms with Gasteiger partial charge in [0.15, 0.2) is 10.8 Å².